The number of ether oxygens (including phenoxy) is 1. The summed E-state index contributed by atoms with van der Waals surface area (Å²) in [5.74, 6) is 0.863. The van der Waals surface area contributed by atoms with Gasteiger partial charge in [0.1, 0.15) is 11.8 Å². The Kier molecular flexibility index (Phi) is 5.58. The van der Waals surface area contributed by atoms with Gasteiger partial charge in [-0.3, -0.25) is 9.59 Å². The molecule has 2 heterocycles. The first-order chi connectivity index (χ1) is 12.1. The van der Waals surface area contributed by atoms with Gasteiger partial charge in [0.05, 0.1) is 7.11 Å². The molecule has 2 amide bonds. The van der Waals surface area contributed by atoms with Gasteiger partial charge in [-0.1, -0.05) is 12.1 Å². The molecule has 1 aromatic rings. The van der Waals surface area contributed by atoms with E-state index >= 15 is 0 Å². The largest absolute Gasteiger partial charge is 0.497 e. The van der Waals surface area contributed by atoms with E-state index in [4.69, 9.17) is 4.74 Å². The highest BCUT2D eigenvalue weighted by molar-refractivity contribution is 5.90. The molecule has 2 saturated heterocycles. The SMILES string of the molecule is COc1ccc(CN2CCC(NC(=O)[C@H]3CCN[C@@H](C)C3)C2=O)cc1. The second-order valence-electron chi connectivity index (χ2n) is 7.03. The summed E-state index contributed by atoms with van der Waals surface area (Å²) in [4.78, 5) is 26.9. The van der Waals surface area contributed by atoms with E-state index in [9.17, 15) is 9.59 Å². The first-order valence-electron chi connectivity index (χ1n) is 9.02. The maximum atomic E-state index is 12.6. The summed E-state index contributed by atoms with van der Waals surface area (Å²) in [5.41, 5.74) is 1.06. The van der Waals surface area contributed by atoms with E-state index in [1.54, 1.807) is 7.11 Å². The van der Waals surface area contributed by atoms with Gasteiger partial charge in [-0.25, -0.2) is 0 Å². The minimum absolute atomic E-state index is 0.0136. The van der Waals surface area contributed by atoms with Crippen molar-refractivity contribution in [2.45, 2.75) is 44.8 Å². The third-order valence-corrected chi connectivity index (χ3v) is 5.14. The molecule has 0 aromatic heterocycles. The van der Waals surface area contributed by atoms with Gasteiger partial charge in [0.15, 0.2) is 0 Å². The number of nitrogens with one attached hydrogen (secondary N) is 2. The van der Waals surface area contributed by atoms with Crippen LogP contribution in [0.5, 0.6) is 5.75 Å². The van der Waals surface area contributed by atoms with Crippen LogP contribution in [0, 0.1) is 5.92 Å². The van der Waals surface area contributed by atoms with Gasteiger partial charge in [-0.15, -0.1) is 0 Å². The van der Waals surface area contributed by atoms with Crippen LogP contribution in [0.4, 0.5) is 0 Å². The standard InChI is InChI=1S/C19H27N3O3/c1-13-11-15(7-9-20-13)18(23)21-17-8-10-22(19(17)24)12-14-3-5-16(25-2)6-4-14/h3-6,13,15,17,20H,7-12H2,1-2H3,(H,21,23)/t13-,15-,17?/m0/s1. The number of piperidine rings is 1. The number of rotatable bonds is 5. The van der Waals surface area contributed by atoms with Crippen LogP contribution in [0.25, 0.3) is 0 Å². The van der Waals surface area contributed by atoms with Gasteiger partial charge in [0.2, 0.25) is 11.8 Å². The molecule has 25 heavy (non-hydrogen) atoms. The van der Waals surface area contributed by atoms with Crippen molar-refractivity contribution in [3.05, 3.63) is 29.8 Å². The van der Waals surface area contributed by atoms with Crippen molar-refractivity contribution in [3.63, 3.8) is 0 Å². The van der Waals surface area contributed by atoms with Crippen molar-refractivity contribution < 1.29 is 14.3 Å². The van der Waals surface area contributed by atoms with Crippen molar-refractivity contribution in [1.82, 2.24) is 15.5 Å². The Balaban J connectivity index is 1.53. The summed E-state index contributed by atoms with van der Waals surface area (Å²) in [6.45, 7) is 4.20. The predicted molar refractivity (Wildman–Crippen MR) is 95.1 cm³/mol. The van der Waals surface area contributed by atoms with Crippen molar-refractivity contribution in [3.8, 4) is 5.75 Å². The van der Waals surface area contributed by atoms with Crippen molar-refractivity contribution in [2.75, 3.05) is 20.2 Å². The van der Waals surface area contributed by atoms with Crippen LogP contribution in [0.2, 0.25) is 0 Å². The lowest BCUT2D eigenvalue weighted by atomic mass is 9.92. The molecular formula is C19H27N3O3. The van der Waals surface area contributed by atoms with E-state index in [2.05, 4.69) is 17.6 Å². The van der Waals surface area contributed by atoms with Gasteiger partial charge in [-0.05, 0) is 50.4 Å². The summed E-state index contributed by atoms with van der Waals surface area (Å²) in [6, 6.07) is 7.70. The molecule has 2 aliphatic heterocycles. The van der Waals surface area contributed by atoms with Crippen molar-refractivity contribution >= 4 is 11.8 Å². The molecular weight excluding hydrogens is 318 g/mol. The zero-order valence-electron chi connectivity index (χ0n) is 15.0. The molecule has 6 heteroatoms. The average Bonchev–Trinajstić information content (AvgIpc) is 2.96. The number of methoxy groups -OCH3 is 1. The third kappa shape index (κ3) is 4.31. The Morgan fingerprint density at radius 2 is 2.08 bits per heavy atom. The number of hydrogen-bond donors (Lipinski definition) is 2. The summed E-state index contributed by atoms with van der Waals surface area (Å²) in [6.07, 6.45) is 2.36. The molecule has 2 fully saturated rings. The molecule has 136 valence electrons. The molecule has 2 N–H and O–H groups in total. The molecule has 0 bridgehead atoms. The van der Waals surface area contributed by atoms with E-state index in [0.29, 0.717) is 25.6 Å². The fraction of sp³-hybridized carbons (Fsp3) is 0.579. The lowest BCUT2D eigenvalue weighted by molar-refractivity contribution is -0.134. The topological polar surface area (TPSA) is 70.7 Å². The van der Waals surface area contributed by atoms with Crippen molar-refractivity contribution in [1.29, 1.82) is 0 Å². The molecule has 0 saturated carbocycles. The zero-order chi connectivity index (χ0) is 17.8. The number of carbonyl (C=O) groups is 2. The Morgan fingerprint density at radius 3 is 2.76 bits per heavy atom. The molecule has 0 spiro atoms. The fourth-order valence-electron chi connectivity index (χ4n) is 3.64. The molecule has 2 aliphatic rings. The first kappa shape index (κ1) is 17.7. The van der Waals surface area contributed by atoms with E-state index in [1.807, 2.05) is 29.2 Å². The summed E-state index contributed by atoms with van der Waals surface area (Å²) >= 11 is 0. The van der Waals surface area contributed by atoms with Crippen LogP contribution in [0.1, 0.15) is 31.7 Å². The monoisotopic (exact) mass is 345 g/mol. The summed E-state index contributed by atoms with van der Waals surface area (Å²) in [5, 5.41) is 6.32. The zero-order valence-corrected chi connectivity index (χ0v) is 15.0. The molecule has 3 atom stereocenters. The van der Waals surface area contributed by atoms with Crippen LogP contribution >= 0.6 is 0 Å². The highest BCUT2D eigenvalue weighted by atomic mass is 16.5. The van der Waals surface area contributed by atoms with E-state index in [1.165, 1.54) is 0 Å². The smallest absolute Gasteiger partial charge is 0.245 e. The number of benzene rings is 1. The van der Waals surface area contributed by atoms with E-state index < -0.39 is 0 Å². The van der Waals surface area contributed by atoms with E-state index in [0.717, 1.165) is 30.7 Å². The highest BCUT2D eigenvalue weighted by Crippen LogP contribution is 2.20. The number of hydrogen-bond acceptors (Lipinski definition) is 4. The average molecular weight is 345 g/mol. The number of amides is 2. The highest BCUT2D eigenvalue weighted by Gasteiger charge is 2.34. The molecule has 3 rings (SSSR count). The number of likely N-dealkylation sites (tertiary alicyclic amines) is 1. The van der Waals surface area contributed by atoms with E-state index in [-0.39, 0.29) is 23.8 Å². The van der Waals surface area contributed by atoms with Crippen LogP contribution < -0.4 is 15.4 Å². The number of nitrogens with zero attached hydrogens (tertiary/aromatic N) is 1. The van der Waals surface area contributed by atoms with Gasteiger partial charge in [-0.2, -0.15) is 0 Å². The minimum atomic E-state index is -0.379. The second-order valence-corrected chi connectivity index (χ2v) is 7.03. The second kappa shape index (κ2) is 7.87. The van der Waals surface area contributed by atoms with Crippen LogP contribution in [0.3, 0.4) is 0 Å². The predicted octanol–water partition coefficient (Wildman–Crippen LogP) is 1.30. The van der Waals surface area contributed by atoms with Crippen LogP contribution in [-0.2, 0) is 16.1 Å². The number of carbonyl (C=O) groups excluding carboxylic acids is 2. The molecule has 0 radical (unpaired) electrons. The molecule has 1 aromatic carbocycles. The molecule has 0 aliphatic carbocycles. The lowest BCUT2D eigenvalue weighted by Gasteiger charge is -2.28. The summed E-state index contributed by atoms with van der Waals surface area (Å²) in [7, 11) is 1.63. The first-order valence-corrected chi connectivity index (χ1v) is 9.02. The Morgan fingerprint density at radius 1 is 1.32 bits per heavy atom. The maximum Gasteiger partial charge on any atom is 0.245 e. The van der Waals surface area contributed by atoms with Gasteiger partial charge in [0, 0.05) is 25.0 Å². The summed E-state index contributed by atoms with van der Waals surface area (Å²) < 4.78 is 5.15. The fourth-order valence-corrected chi connectivity index (χ4v) is 3.64. The van der Waals surface area contributed by atoms with Crippen LogP contribution in [-0.4, -0.2) is 49.0 Å². The molecule has 1 unspecified atom stereocenters. The van der Waals surface area contributed by atoms with Gasteiger partial charge < -0.3 is 20.3 Å². The minimum Gasteiger partial charge on any atom is -0.497 e. The normalized spacial score (nSPS) is 26.6. The molecule has 6 nitrogen and oxygen atoms in total. The third-order valence-electron chi connectivity index (χ3n) is 5.14. The Labute approximate surface area is 148 Å². The Hall–Kier alpha value is -2.08. The van der Waals surface area contributed by atoms with Crippen LogP contribution in [0.15, 0.2) is 24.3 Å². The lowest BCUT2D eigenvalue weighted by Crippen LogP contribution is -2.47. The van der Waals surface area contributed by atoms with Gasteiger partial charge >= 0.3 is 0 Å². The maximum absolute atomic E-state index is 12.6. The Bertz CT molecular complexity index is 617. The quantitative estimate of drug-likeness (QED) is 0.844. The van der Waals surface area contributed by atoms with Gasteiger partial charge in [0.25, 0.3) is 0 Å². The van der Waals surface area contributed by atoms with Crippen molar-refractivity contribution in [2.24, 2.45) is 5.92 Å².